The monoisotopic (exact) mass is 198 g/mol. The van der Waals surface area contributed by atoms with E-state index in [-0.39, 0.29) is 12.2 Å². The third-order valence-corrected chi connectivity index (χ3v) is 2.69. The smallest absolute Gasteiger partial charge is 0.323 e. The van der Waals surface area contributed by atoms with Gasteiger partial charge in [-0.05, 0) is 6.42 Å². The molecule has 0 aromatic carbocycles. The maximum Gasteiger partial charge on any atom is 0.343 e. The molecule has 1 N–H and O–H groups in total. The average molecular weight is 199 g/mol. The first kappa shape index (κ1) is 11.2. The predicted molar refractivity (Wildman–Crippen MR) is 45.9 cm³/mol. The number of hydrogen-bond donors (Lipinski definition) is 1. The van der Waals surface area contributed by atoms with E-state index in [1.807, 2.05) is 13.0 Å². The molecule has 0 aliphatic carbocycles. The summed E-state index contributed by atoms with van der Waals surface area (Å²) >= 11 is 5.14. The van der Waals surface area contributed by atoms with Gasteiger partial charge in [-0.1, -0.05) is 19.1 Å². The topological polar surface area (TPSA) is 46.5 Å². The van der Waals surface area contributed by atoms with E-state index in [1.165, 1.54) is 0 Å². The number of hydrogen-bond acceptors (Lipinski definition) is 2. The minimum absolute atomic E-state index is 0.147. The van der Waals surface area contributed by atoms with Gasteiger partial charge in [-0.2, -0.15) is 0 Å². The number of rotatable bonds is 5. The van der Waals surface area contributed by atoms with Crippen LogP contribution in [0.3, 0.4) is 0 Å². The fourth-order valence-corrected chi connectivity index (χ4v) is 1.02. The van der Waals surface area contributed by atoms with Gasteiger partial charge in [-0.15, -0.1) is 11.6 Å². The lowest BCUT2D eigenvalue weighted by molar-refractivity contribution is 0.291. The molecular formula is C6H12ClO3P. The van der Waals surface area contributed by atoms with E-state index >= 15 is 0 Å². The van der Waals surface area contributed by atoms with Crippen molar-refractivity contribution >= 4 is 19.2 Å². The highest BCUT2D eigenvalue weighted by Gasteiger charge is 2.15. The highest BCUT2D eigenvalue weighted by molar-refractivity contribution is 7.54. The maximum absolute atomic E-state index is 10.7. The Labute approximate surface area is 71.5 Å². The van der Waals surface area contributed by atoms with Crippen molar-refractivity contribution in [3.8, 4) is 0 Å². The van der Waals surface area contributed by atoms with Crippen LogP contribution in [-0.4, -0.2) is 17.1 Å². The molecule has 0 heterocycles. The first-order valence-corrected chi connectivity index (χ1v) is 5.59. The summed E-state index contributed by atoms with van der Waals surface area (Å²) in [5.74, 6) is 0. The summed E-state index contributed by atoms with van der Waals surface area (Å²) in [4.78, 5) is 8.79. The fraction of sp³-hybridized carbons (Fsp3) is 0.667. The number of halogens is 1. The Bertz CT molecular complexity index is 169. The molecule has 0 amide bonds. The van der Waals surface area contributed by atoms with Crippen molar-refractivity contribution in [2.75, 3.05) is 12.2 Å². The van der Waals surface area contributed by atoms with Crippen LogP contribution >= 0.6 is 19.2 Å². The van der Waals surface area contributed by atoms with Crippen molar-refractivity contribution in [1.82, 2.24) is 0 Å². The SMILES string of the molecule is CCC=CCOP(=O)(O)CCl. The molecule has 0 aromatic rings. The van der Waals surface area contributed by atoms with Crippen LogP contribution < -0.4 is 0 Å². The normalized spacial score (nSPS) is 17.0. The molecular weight excluding hydrogens is 186 g/mol. The Balaban J connectivity index is 3.54. The van der Waals surface area contributed by atoms with Crippen LogP contribution in [0, 0.1) is 0 Å². The first-order chi connectivity index (χ1) is 5.12. The van der Waals surface area contributed by atoms with Gasteiger partial charge in [0.2, 0.25) is 0 Å². The van der Waals surface area contributed by atoms with Gasteiger partial charge >= 0.3 is 7.60 Å². The van der Waals surface area contributed by atoms with Crippen molar-refractivity contribution in [2.45, 2.75) is 13.3 Å². The lowest BCUT2D eigenvalue weighted by Gasteiger charge is -2.05. The summed E-state index contributed by atoms with van der Waals surface area (Å²) in [7, 11) is -3.50. The van der Waals surface area contributed by atoms with Crippen LogP contribution in [0.2, 0.25) is 0 Å². The average Bonchev–Trinajstić information content (AvgIpc) is 1.99. The Morgan fingerprint density at radius 1 is 1.64 bits per heavy atom. The lowest BCUT2D eigenvalue weighted by Crippen LogP contribution is -1.89. The van der Waals surface area contributed by atoms with E-state index in [2.05, 4.69) is 4.52 Å². The van der Waals surface area contributed by atoms with Gasteiger partial charge in [-0.3, -0.25) is 4.57 Å². The molecule has 0 aromatic heterocycles. The van der Waals surface area contributed by atoms with Crippen LogP contribution in [0.4, 0.5) is 0 Å². The molecule has 11 heavy (non-hydrogen) atoms. The van der Waals surface area contributed by atoms with Gasteiger partial charge < -0.3 is 9.42 Å². The van der Waals surface area contributed by atoms with Crippen molar-refractivity contribution < 1.29 is 14.0 Å². The lowest BCUT2D eigenvalue weighted by atomic mass is 10.4. The second-order valence-corrected chi connectivity index (χ2v) is 4.42. The van der Waals surface area contributed by atoms with Crippen LogP contribution in [-0.2, 0) is 9.09 Å². The highest BCUT2D eigenvalue weighted by atomic mass is 35.5. The summed E-state index contributed by atoms with van der Waals surface area (Å²) in [5.41, 5.74) is -0.354. The first-order valence-electron chi connectivity index (χ1n) is 3.29. The highest BCUT2D eigenvalue weighted by Crippen LogP contribution is 2.42. The molecule has 66 valence electrons. The van der Waals surface area contributed by atoms with E-state index in [0.717, 1.165) is 6.42 Å². The quantitative estimate of drug-likeness (QED) is 0.419. The van der Waals surface area contributed by atoms with Crippen molar-refractivity contribution in [3.63, 3.8) is 0 Å². The molecule has 0 saturated heterocycles. The van der Waals surface area contributed by atoms with E-state index in [1.54, 1.807) is 6.08 Å². The summed E-state index contributed by atoms with van der Waals surface area (Å²) in [5, 5.41) is 0. The Kier molecular flexibility index (Phi) is 5.88. The summed E-state index contributed by atoms with van der Waals surface area (Å²) in [6, 6.07) is 0. The molecule has 1 unspecified atom stereocenters. The van der Waals surface area contributed by atoms with Gasteiger partial charge in [0.05, 0.1) is 6.61 Å². The zero-order valence-corrected chi connectivity index (χ0v) is 8.02. The van der Waals surface area contributed by atoms with Crippen LogP contribution in [0.15, 0.2) is 12.2 Å². The van der Waals surface area contributed by atoms with Gasteiger partial charge in [-0.25, -0.2) is 0 Å². The summed E-state index contributed by atoms with van der Waals surface area (Å²) < 4.78 is 15.3. The Morgan fingerprint density at radius 3 is 2.73 bits per heavy atom. The third kappa shape index (κ3) is 6.57. The molecule has 0 aliphatic rings. The van der Waals surface area contributed by atoms with E-state index in [4.69, 9.17) is 16.5 Å². The molecule has 0 fully saturated rings. The van der Waals surface area contributed by atoms with E-state index < -0.39 is 7.60 Å². The van der Waals surface area contributed by atoms with Crippen LogP contribution in [0.5, 0.6) is 0 Å². The Hall–Kier alpha value is 0.180. The third-order valence-electron chi connectivity index (χ3n) is 0.926. The standard InChI is InChI=1S/C6H12ClO3P/c1-2-3-4-5-10-11(8,9)6-7/h3-4H,2,5-6H2,1H3,(H,8,9). The summed E-state index contributed by atoms with van der Waals surface area (Å²) in [6.07, 6.45) is 4.43. The molecule has 0 saturated carbocycles. The van der Waals surface area contributed by atoms with Crippen LogP contribution in [0.25, 0.3) is 0 Å². The second kappa shape index (κ2) is 5.78. The van der Waals surface area contributed by atoms with Gasteiger partial charge in [0, 0.05) is 0 Å². The summed E-state index contributed by atoms with van der Waals surface area (Å²) in [6.45, 7) is 2.12. The molecule has 0 spiro atoms. The van der Waals surface area contributed by atoms with Gasteiger partial charge in [0.15, 0.2) is 0 Å². The molecule has 0 radical (unpaired) electrons. The van der Waals surface area contributed by atoms with Crippen LogP contribution in [0.1, 0.15) is 13.3 Å². The Morgan fingerprint density at radius 2 is 2.27 bits per heavy atom. The number of alkyl halides is 1. The van der Waals surface area contributed by atoms with E-state index in [0.29, 0.717) is 0 Å². The molecule has 1 atom stereocenters. The van der Waals surface area contributed by atoms with Crippen molar-refractivity contribution in [1.29, 1.82) is 0 Å². The van der Waals surface area contributed by atoms with Crippen molar-refractivity contribution in [2.24, 2.45) is 0 Å². The van der Waals surface area contributed by atoms with E-state index in [9.17, 15) is 4.57 Å². The van der Waals surface area contributed by atoms with Gasteiger partial charge in [0.1, 0.15) is 5.62 Å². The minimum atomic E-state index is -3.50. The second-order valence-electron chi connectivity index (χ2n) is 1.93. The predicted octanol–water partition coefficient (Wildman–Crippen LogP) is 2.35. The molecule has 0 aliphatic heterocycles. The molecule has 5 heteroatoms. The fourth-order valence-electron chi connectivity index (χ4n) is 0.429. The molecule has 3 nitrogen and oxygen atoms in total. The largest absolute Gasteiger partial charge is 0.343 e. The zero-order valence-electron chi connectivity index (χ0n) is 6.36. The van der Waals surface area contributed by atoms with Crippen molar-refractivity contribution in [3.05, 3.63) is 12.2 Å². The molecule has 0 rings (SSSR count). The zero-order chi connectivity index (χ0) is 8.74. The molecule has 0 bridgehead atoms. The minimum Gasteiger partial charge on any atom is -0.323 e. The maximum atomic E-state index is 10.7. The number of allylic oxidation sites excluding steroid dienone is 1. The van der Waals surface area contributed by atoms with Gasteiger partial charge in [0.25, 0.3) is 0 Å².